The van der Waals surface area contributed by atoms with Gasteiger partial charge in [-0.2, -0.15) is 0 Å². The van der Waals surface area contributed by atoms with Crippen LogP contribution in [0, 0.1) is 0 Å². The van der Waals surface area contributed by atoms with Crippen LogP contribution < -0.4 is 0 Å². The van der Waals surface area contributed by atoms with E-state index in [1.54, 1.807) is 0 Å². The quantitative estimate of drug-likeness (QED) is 0.742. The highest BCUT2D eigenvalue weighted by Crippen LogP contribution is 2.29. The molecule has 2 rings (SSSR count). The zero-order valence-electron chi connectivity index (χ0n) is 9.35. The molecule has 0 bridgehead atoms. The summed E-state index contributed by atoms with van der Waals surface area (Å²) in [5, 5.41) is 8.71. The molecule has 1 heterocycles. The van der Waals surface area contributed by atoms with Crippen molar-refractivity contribution in [1.82, 2.24) is 9.80 Å². The van der Waals surface area contributed by atoms with Crippen LogP contribution in [0.3, 0.4) is 0 Å². The molecular weight excluding hydrogens is 192 g/mol. The van der Waals surface area contributed by atoms with E-state index in [-0.39, 0.29) is 6.54 Å². The molecule has 0 unspecified atom stereocenters. The fourth-order valence-electron chi connectivity index (χ4n) is 2.47. The minimum Gasteiger partial charge on any atom is -0.480 e. The number of piperidine rings is 1. The molecule has 1 saturated heterocycles. The molecular formula is C11H20N2O2. The van der Waals surface area contributed by atoms with Crippen LogP contribution in [-0.4, -0.2) is 59.6 Å². The van der Waals surface area contributed by atoms with Gasteiger partial charge in [0, 0.05) is 12.1 Å². The van der Waals surface area contributed by atoms with Crippen molar-refractivity contribution >= 4 is 5.97 Å². The largest absolute Gasteiger partial charge is 0.480 e. The Morgan fingerprint density at radius 2 is 1.93 bits per heavy atom. The van der Waals surface area contributed by atoms with E-state index in [9.17, 15) is 4.79 Å². The first kappa shape index (κ1) is 10.9. The molecule has 1 aliphatic carbocycles. The van der Waals surface area contributed by atoms with Gasteiger partial charge >= 0.3 is 5.97 Å². The summed E-state index contributed by atoms with van der Waals surface area (Å²) < 4.78 is 0. The second-order valence-corrected chi connectivity index (χ2v) is 4.81. The normalized spacial score (nSPS) is 24.7. The van der Waals surface area contributed by atoms with Gasteiger partial charge in [0.15, 0.2) is 0 Å². The highest BCUT2D eigenvalue weighted by molar-refractivity contribution is 5.69. The van der Waals surface area contributed by atoms with E-state index in [0.717, 1.165) is 32.0 Å². The first-order valence-electron chi connectivity index (χ1n) is 5.83. The molecule has 0 aromatic rings. The number of rotatable bonds is 4. The smallest absolute Gasteiger partial charge is 0.317 e. The van der Waals surface area contributed by atoms with Gasteiger partial charge in [0.05, 0.1) is 6.54 Å². The molecule has 0 spiro atoms. The van der Waals surface area contributed by atoms with Gasteiger partial charge in [-0.25, -0.2) is 0 Å². The maximum atomic E-state index is 10.6. The van der Waals surface area contributed by atoms with Gasteiger partial charge in [-0.15, -0.1) is 0 Å². The van der Waals surface area contributed by atoms with Crippen LogP contribution in [0.4, 0.5) is 0 Å². The molecule has 1 aliphatic heterocycles. The molecule has 0 aromatic carbocycles. The van der Waals surface area contributed by atoms with Crippen LogP contribution in [0.5, 0.6) is 0 Å². The van der Waals surface area contributed by atoms with Gasteiger partial charge in [0.25, 0.3) is 0 Å². The van der Waals surface area contributed by atoms with Crippen molar-refractivity contribution < 1.29 is 9.90 Å². The number of carboxylic acids is 1. The van der Waals surface area contributed by atoms with Gasteiger partial charge in [0.2, 0.25) is 0 Å². The van der Waals surface area contributed by atoms with Crippen LogP contribution in [-0.2, 0) is 4.79 Å². The van der Waals surface area contributed by atoms with Crippen molar-refractivity contribution in [1.29, 1.82) is 0 Å². The Balaban J connectivity index is 1.74. The lowest BCUT2D eigenvalue weighted by Gasteiger charge is -2.36. The summed E-state index contributed by atoms with van der Waals surface area (Å²) in [5.74, 6) is -0.720. The molecule has 4 nitrogen and oxygen atoms in total. The second-order valence-electron chi connectivity index (χ2n) is 4.81. The van der Waals surface area contributed by atoms with E-state index in [1.165, 1.54) is 12.8 Å². The minimum absolute atomic E-state index is 0.175. The standard InChI is InChI=1S/C11H20N2O2/c1-12(8-11(14)15)9-4-6-13(7-5-9)10-2-3-10/h9-10H,2-8H2,1H3,(H,14,15). The predicted molar refractivity (Wildman–Crippen MR) is 57.9 cm³/mol. The summed E-state index contributed by atoms with van der Waals surface area (Å²) in [7, 11) is 1.92. The molecule has 2 fully saturated rings. The zero-order valence-corrected chi connectivity index (χ0v) is 9.35. The summed E-state index contributed by atoms with van der Waals surface area (Å²) in [6.07, 6.45) is 4.99. The summed E-state index contributed by atoms with van der Waals surface area (Å²) in [4.78, 5) is 15.1. The molecule has 0 amide bonds. The minimum atomic E-state index is -0.720. The molecule has 1 N–H and O–H groups in total. The third kappa shape index (κ3) is 2.92. The fourth-order valence-corrected chi connectivity index (χ4v) is 2.47. The lowest BCUT2D eigenvalue weighted by atomic mass is 10.0. The van der Waals surface area contributed by atoms with Gasteiger partial charge in [-0.1, -0.05) is 0 Å². The van der Waals surface area contributed by atoms with Crippen molar-refractivity contribution in [3.8, 4) is 0 Å². The van der Waals surface area contributed by atoms with E-state index in [4.69, 9.17) is 5.11 Å². The van der Waals surface area contributed by atoms with Gasteiger partial charge in [0.1, 0.15) is 0 Å². The van der Waals surface area contributed by atoms with Gasteiger partial charge in [-0.3, -0.25) is 9.69 Å². The number of nitrogens with zero attached hydrogens (tertiary/aromatic N) is 2. The highest BCUT2D eigenvalue weighted by Gasteiger charge is 2.32. The lowest BCUT2D eigenvalue weighted by molar-refractivity contribution is -0.138. The monoisotopic (exact) mass is 212 g/mol. The number of likely N-dealkylation sites (tertiary alicyclic amines) is 1. The Hall–Kier alpha value is -0.610. The molecule has 1 saturated carbocycles. The van der Waals surface area contributed by atoms with Crippen LogP contribution in [0.2, 0.25) is 0 Å². The van der Waals surface area contributed by atoms with Crippen molar-refractivity contribution in [2.24, 2.45) is 0 Å². The topological polar surface area (TPSA) is 43.8 Å². The third-order valence-corrected chi connectivity index (χ3v) is 3.57. The lowest BCUT2D eigenvalue weighted by Crippen LogP contribution is -2.45. The Morgan fingerprint density at radius 1 is 1.33 bits per heavy atom. The first-order chi connectivity index (χ1) is 7.16. The Labute approximate surface area is 90.9 Å². The van der Waals surface area contributed by atoms with Crippen molar-refractivity contribution in [3.63, 3.8) is 0 Å². The summed E-state index contributed by atoms with van der Waals surface area (Å²) in [6.45, 7) is 2.48. The molecule has 2 aliphatic rings. The second kappa shape index (κ2) is 4.49. The van der Waals surface area contributed by atoms with E-state index < -0.39 is 5.97 Å². The van der Waals surface area contributed by atoms with Gasteiger partial charge < -0.3 is 10.0 Å². The molecule has 0 atom stereocenters. The number of hydrogen-bond acceptors (Lipinski definition) is 3. The van der Waals surface area contributed by atoms with Crippen molar-refractivity contribution in [2.75, 3.05) is 26.7 Å². The van der Waals surface area contributed by atoms with Crippen LogP contribution in [0.25, 0.3) is 0 Å². The average Bonchev–Trinajstić information content (AvgIpc) is 3.00. The number of carboxylic acid groups (broad SMARTS) is 1. The van der Waals surface area contributed by atoms with E-state index in [2.05, 4.69) is 4.90 Å². The highest BCUT2D eigenvalue weighted by atomic mass is 16.4. The third-order valence-electron chi connectivity index (χ3n) is 3.57. The maximum absolute atomic E-state index is 10.6. The summed E-state index contributed by atoms with van der Waals surface area (Å²) in [6, 6.07) is 1.33. The number of likely N-dealkylation sites (N-methyl/N-ethyl adjacent to an activating group) is 1. The zero-order chi connectivity index (χ0) is 10.8. The Morgan fingerprint density at radius 3 is 2.40 bits per heavy atom. The molecule has 15 heavy (non-hydrogen) atoms. The molecule has 4 heteroatoms. The van der Waals surface area contributed by atoms with Crippen LogP contribution in [0.1, 0.15) is 25.7 Å². The van der Waals surface area contributed by atoms with Gasteiger partial charge in [-0.05, 0) is 45.8 Å². The first-order valence-corrected chi connectivity index (χ1v) is 5.83. The number of carbonyl (C=O) groups is 1. The van der Waals surface area contributed by atoms with E-state index in [1.807, 2.05) is 11.9 Å². The average molecular weight is 212 g/mol. The van der Waals surface area contributed by atoms with Crippen LogP contribution in [0.15, 0.2) is 0 Å². The number of aliphatic carboxylic acids is 1. The summed E-state index contributed by atoms with van der Waals surface area (Å²) in [5.41, 5.74) is 0. The molecule has 0 aromatic heterocycles. The van der Waals surface area contributed by atoms with Crippen LogP contribution >= 0.6 is 0 Å². The number of hydrogen-bond donors (Lipinski definition) is 1. The molecule has 86 valence electrons. The Bertz CT molecular complexity index is 233. The Kier molecular flexibility index (Phi) is 3.26. The van der Waals surface area contributed by atoms with Crippen molar-refractivity contribution in [2.45, 2.75) is 37.8 Å². The van der Waals surface area contributed by atoms with E-state index in [0.29, 0.717) is 6.04 Å². The fraction of sp³-hybridized carbons (Fsp3) is 0.909. The van der Waals surface area contributed by atoms with Crippen molar-refractivity contribution in [3.05, 3.63) is 0 Å². The SMILES string of the molecule is CN(CC(=O)O)C1CCN(C2CC2)CC1. The predicted octanol–water partition coefficient (Wildman–Crippen LogP) is 0.630. The molecule has 0 radical (unpaired) electrons. The summed E-state index contributed by atoms with van der Waals surface area (Å²) >= 11 is 0. The maximum Gasteiger partial charge on any atom is 0.317 e. The van der Waals surface area contributed by atoms with E-state index >= 15 is 0 Å².